The Balaban J connectivity index is 1.18. The molecule has 4 rings (SSSR count). The van der Waals surface area contributed by atoms with Crippen LogP contribution in [0.4, 0.5) is 10.5 Å². The lowest BCUT2D eigenvalue weighted by atomic mass is 10.0. The van der Waals surface area contributed by atoms with Gasteiger partial charge in [-0.2, -0.15) is 0 Å². The number of aliphatic hydroxyl groups excluding tert-OH is 1. The molecule has 3 aromatic rings. The topological polar surface area (TPSA) is 107 Å². The lowest BCUT2D eigenvalue weighted by Gasteiger charge is -2.32. The summed E-state index contributed by atoms with van der Waals surface area (Å²) >= 11 is 0. The van der Waals surface area contributed by atoms with Gasteiger partial charge >= 0.3 is 6.09 Å². The molecule has 1 aliphatic heterocycles. The third-order valence-corrected chi connectivity index (χ3v) is 6.82. The first-order valence-electron chi connectivity index (χ1n) is 13.4. The number of rotatable bonds is 11. The van der Waals surface area contributed by atoms with Crippen LogP contribution in [0.25, 0.3) is 11.1 Å². The van der Waals surface area contributed by atoms with Gasteiger partial charge in [0.2, 0.25) is 0 Å². The average Bonchev–Trinajstić information content (AvgIpc) is 2.97. The number of hydrogen-bond acceptors (Lipinski definition) is 7. The highest BCUT2D eigenvalue weighted by molar-refractivity contribution is 5.92. The minimum atomic E-state index is -0.440. The van der Waals surface area contributed by atoms with E-state index in [1.165, 1.54) is 0 Å². The van der Waals surface area contributed by atoms with Crippen LogP contribution in [0.15, 0.2) is 72.9 Å². The van der Waals surface area contributed by atoms with Gasteiger partial charge in [0, 0.05) is 58.1 Å². The number of aromatic nitrogens is 1. The van der Waals surface area contributed by atoms with Gasteiger partial charge in [0.1, 0.15) is 11.8 Å². The Morgan fingerprint density at radius 1 is 1.05 bits per heavy atom. The first-order chi connectivity index (χ1) is 19.0. The molecular formula is C30H37N5O4. The van der Waals surface area contributed by atoms with Crippen molar-refractivity contribution < 1.29 is 19.4 Å². The summed E-state index contributed by atoms with van der Waals surface area (Å²) in [5, 5.41) is 14.9. The Morgan fingerprint density at radius 3 is 2.51 bits per heavy atom. The Kier molecular flexibility index (Phi) is 10.4. The number of hydrogen-bond donors (Lipinski definition) is 3. The first kappa shape index (κ1) is 28.2. The number of likely N-dealkylation sites (N-methyl/N-ethyl adjacent to an activating group) is 1. The number of carbonyl (C=O) groups excluding carboxylic acids is 2. The second kappa shape index (κ2) is 14.4. The number of ether oxygens (including phenoxy) is 1. The maximum absolute atomic E-state index is 12.8. The largest absolute Gasteiger partial charge is 0.446 e. The van der Waals surface area contributed by atoms with E-state index in [-0.39, 0.29) is 18.6 Å². The molecule has 0 bridgehead atoms. The Bertz CT molecular complexity index is 1200. The van der Waals surface area contributed by atoms with E-state index in [4.69, 9.17) is 9.84 Å². The maximum Gasteiger partial charge on any atom is 0.411 e. The van der Waals surface area contributed by atoms with Crippen LogP contribution in [0.1, 0.15) is 28.9 Å². The van der Waals surface area contributed by atoms with Gasteiger partial charge in [0.05, 0.1) is 12.3 Å². The zero-order valence-electron chi connectivity index (χ0n) is 22.4. The van der Waals surface area contributed by atoms with Gasteiger partial charge in [0.15, 0.2) is 0 Å². The molecule has 0 aliphatic carbocycles. The highest BCUT2D eigenvalue weighted by Gasteiger charge is 2.23. The monoisotopic (exact) mass is 531 g/mol. The smallest absolute Gasteiger partial charge is 0.411 e. The molecule has 0 unspecified atom stereocenters. The molecule has 0 saturated carbocycles. The Morgan fingerprint density at radius 2 is 1.79 bits per heavy atom. The van der Waals surface area contributed by atoms with Crippen molar-refractivity contribution in [2.45, 2.75) is 25.5 Å². The molecule has 9 nitrogen and oxygen atoms in total. The number of pyridine rings is 1. The maximum atomic E-state index is 12.8. The molecule has 1 aliphatic rings. The van der Waals surface area contributed by atoms with Gasteiger partial charge in [-0.05, 0) is 36.1 Å². The Labute approximate surface area is 229 Å². The number of nitrogens with zero attached hydrogens (tertiary/aromatic N) is 3. The fourth-order valence-corrected chi connectivity index (χ4v) is 4.56. The summed E-state index contributed by atoms with van der Waals surface area (Å²) in [5.74, 6) is -0.115. The van der Waals surface area contributed by atoms with Crippen molar-refractivity contribution >= 4 is 17.7 Å². The van der Waals surface area contributed by atoms with Gasteiger partial charge in [-0.3, -0.25) is 15.1 Å². The summed E-state index contributed by atoms with van der Waals surface area (Å²) in [7, 11) is 1.79. The average molecular weight is 532 g/mol. The third-order valence-electron chi connectivity index (χ3n) is 6.82. The third kappa shape index (κ3) is 8.35. The lowest BCUT2D eigenvalue weighted by molar-refractivity contribution is 0.0539. The van der Waals surface area contributed by atoms with Crippen LogP contribution in [-0.4, -0.2) is 84.4 Å². The quantitative estimate of drug-likeness (QED) is 0.325. The minimum Gasteiger partial charge on any atom is -0.446 e. The highest BCUT2D eigenvalue weighted by atomic mass is 16.6. The second-order valence-electron chi connectivity index (χ2n) is 9.66. The Hall–Kier alpha value is -3.79. The fraction of sp³-hybridized carbons (Fsp3) is 0.367. The summed E-state index contributed by atoms with van der Waals surface area (Å²) in [5.41, 5.74) is 4.08. The number of benzene rings is 2. The number of anilines is 1. The predicted molar refractivity (Wildman–Crippen MR) is 151 cm³/mol. The predicted octanol–water partition coefficient (Wildman–Crippen LogP) is 3.62. The van der Waals surface area contributed by atoms with Crippen molar-refractivity contribution in [2.75, 3.05) is 51.7 Å². The fourth-order valence-electron chi connectivity index (χ4n) is 4.56. The van der Waals surface area contributed by atoms with E-state index >= 15 is 0 Å². The molecule has 1 saturated heterocycles. The number of carbonyl (C=O) groups is 2. The molecule has 0 atom stereocenters. The molecule has 0 radical (unpaired) electrons. The summed E-state index contributed by atoms with van der Waals surface area (Å²) in [6.45, 7) is 4.13. The molecular weight excluding hydrogens is 494 g/mol. The van der Waals surface area contributed by atoms with Gasteiger partial charge in [0.25, 0.3) is 5.91 Å². The molecule has 2 amide bonds. The van der Waals surface area contributed by atoms with Crippen LogP contribution in [0, 0.1) is 0 Å². The van der Waals surface area contributed by atoms with E-state index in [0.717, 1.165) is 54.9 Å². The summed E-state index contributed by atoms with van der Waals surface area (Å²) in [6, 6.07) is 21.3. The van der Waals surface area contributed by atoms with E-state index in [2.05, 4.69) is 20.5 Å². The lowest BCUT2D eigenvalue weighted by Crippen LogP contribution is -2.42. The normalized spacial score (nSPS) is 14.1. The molecule has 206 valence electrons. The zero-order chi connectivity index (χ0) is 27.5. The molecule has 3 N–H and O–H groups in total. The van der Waals surface area contributed by atoms with Crippen LogP contribution in [0.2, 0.25) is 0 Å². The molecule has 39 heavy (non-hydrogen) atoms. The minimum absolute atomic E-state index is 0.0824. The van der Waals surface area contributed by atoms with Crippen molar-refractivity contribution in [1.82, 2.24) is 20.1 Å². The van der Waals surface area contributed by atoms with Crippen molar-refractivity contribution in [3.8, 4) is 11.1 Å². The van der Waals surface area contributed by atoms with Crippen molar-refractivity contribution in [3.05, 3.63) is 84.2 Å². The van der Waals surface area contributed by atoms with Crippen molar-refractivity contribution in [2.24, 2.45) is 0 Å². The number of amides is 2. The molecule has 2 aromatic carbocycles. The zero-order valence-corrected chi connectivity index (χ0v) is 22.4. The van der Waals surface area contributed by atoms with Crippen molar-refractivity contribution in [1.29, 1.82) is 0 Å². The van der Waals surface area contributed by atoms with Gasteiger partial charge in [-0.25, -0.2) is 4.79 Å². The molecule has 9 heteroatoms. The number of likely N-dealkylation sites (tertiary alicyclic amines) is 1. The van der Waals surface area contributed by atoms with Crippen LogP contribution >= 0.6 is 0 Å². The summed E-state index contributed by atoms with van der Waals surface area (Å²) in [4.78, 5) is 33.7. The molecule has 2 heterocycles. The van der Waals surface area contributed by atoms with Gasteiger partial charge < -0.3 is 25.0 Å². The summed E-state index contributed by atoms with van der Waals surface area (Å²) in [6.07, 6.45) is 2.60. The van der Waals surface area contributed by atoms with Crippen LogP contribution in [0.3, 0.4) is 0 Å². The molecule has 0 spiro atoms. The molecule has 1 aromatic heterocycles. The number of piperidine rings is 1. The van der Waals surface area contributed by atoms with E-state index in [1.54, 1.807) is 24.2 Å². The van der Waals surface area contributed by atoms with Crippen molar-refractivity contribution in [3.63, 3.8) is 0 Å². The van der Waals surface area contributed by atoms with E-state index in [9.17, 15) is 9.59 Å². The first-order valence-corrected chi connectivity index (χ1v) is 13.4. The van der Waals surface area contributed by atoms with Gasteiger partial charge in [-0.15, -0.1) is 0 Å². The standard InChI is InChI=1S/C30H37N5O4/c1-34(29(37)28-12-11-23(22-32-28)21-31-15-20-36)18-19-35-16-13-25(14-17-35)39-30(38)33-27-10-6-5-9-26(27)24-7-3-2-4-8-24/h2-12,22,25,31,36H,13-21H2,1H3,(H,33,38). The van der Waals surface area contributed by atoms with Gasteiger partial charge in [-0.1, -0.05) is 54.6 Å². The van der Waals surface area contributed by atoms with E-state index in [1.807, 2.05) is 60.7 Å². The number of para-hydroxylation sites is 1. The summed E-state index contributed by atoms with van der Waals surface area (Å²) < 4.78 is 5.73. The number of aliphatic hydroxyl groups is 1. The SMILES string of the molecule is CN(CCN1CCC(OC(=O)Nc2ccccc2-c2ccccc2)CC1)C(=O)c1ccc(CNCCO)cn1. The number of nitrogens with one attached hydrogen (secondary N) is 2. The second-order valence-corrected chi connectivity index (χ2v) is 9.66. The van der Waals surface area contributed by atoms with Crippen LogP contribution in [0.5, 0.6) is 0 Å². The van der Waals surface area contributed by atoms with E-state index in [0.29, 0.717) is 25.3 Å². The molecule has 1 fully saturated rings. The highest BCUT2D eigenvalue weighted by Crippen LogP contribution is 2.28. The van der Waals surface area contributed by atoms with Crippen LogP contribution in [-0.2, 0) is 11.3 Å². The van der Waals surface area contributed by atoms with E-state index < -0.39 is 6.09 Å². The van der Waals surface area contributed by atoms with Crippen LogP contribution < -0.4 is 10.6 Å².